The normalized spacial score (nSPS) is 12.4. The van der Waals surface area contributed by atoms with Crippen molar-refractivity contribution < 1.29 is 30.1 Å². The number of oxime groups is 1. The van der Waals surface area contributed by atoms with Crippen LogP contribution in [0.1, 0.15) is 33.1 Å². The molecule has 1 unspecified atom stereocenters. The van der Waals surface area contributed by atoms with Crippen LogP contribution >= 0.6 is 0 Å². The zero-order valence-corrected chi connectivity index (χ0v) is 13.5. The molecule has 9 nitrogen and oxygen atoms in total. The number of aromatic carboxylic acids is 1. The molecule has 9 heteroatoms. The standard InChI is InChI=1S/C17H17N3O6/c18-15(20-26)10-1-3-13(4-2-10)19-14(17(24)25)11-5-9(8-21)6-12(7-11)16(22)23/h1-7,14,19,21,26H,8H2,(H2,18,20)(H,22,23)(H,24,25). The van der Waals surface area contributed by atoms with Crippen molar-refractivity contribution >= 4 is 23.5 Å². The number of rotatable bonds is 7. The lowest BCUT2D eigenvalue weighted by Gasteiger charge is -2.18. The van der Waals surface area contributed by atoms with Crippen LogP contribution in [0, 0.1) is 0 Å². The van der Waals surface area contributed by atoms with Gasteiger partial charge in [-0.2, -0.15) is 0 Å². The van der Waals surface area contributed by atoms with Crippen LogP contribution in [0.5, 0.6) is 0 Å². The molecule has 0 spiro atoms. The first-order valence-corrected chi connectivity index (χ1v) is 7.41. The molecule has 0 radical (unpaired) electrons. The first-order valence-electron chi connectivity index (χ1n) is 7.41. The Morgan fingerprint density at radius 2 is 1.73 bits per heavy atom. The zero-order chi connectivity index (χ0) is 19.3. The number of aliphatic hydroxyl groups is 1. The van der Waals surface area contributed by atoms with Crippen LogP contribution in [0.3, 0.4) is 0 Å². The molecule has 2 aromatic carbocycles. The maximum atomic E-state index is 11.7. The van der Waals surface area contributed by atoms with Crippen LogP contribution in [0.15, 0.2) is 47.6 Å². The van der Waals surface area contributed by atoms with E-state index in [1.54, 1.807) is 0 Å². The fraction of sp³-hybridized carbons (Fsp3) is 0.118. The predicted molar refractivity (Wildman–Crippen MR) is 92.3 cm³/mol. The van der Waals surface area contributed by atoms with Gasteiger partial charge in [0.2, 0.25) is 0 Å². The molecule has 0 aromatic heterocycles. The van der Waals surface area contributed by atoms with Gasteiger partial charge in [-0.1, -0.05) is 11.2 Å². The summed E-state index contributed by atoms with van der Waals surface area (Å²) in [6, 6.07) is 8.83. The summed E-state index contributed by atoms with van der Waals surface area (Å²) >= 11 is 0. The lowest BCUT2D eigenvalue weighted by atomic mass is 10.00. The molecule has 136 valence electrons. The number of hydrogen-bond donors (Lipinski definition) is 6. The number of nitrogens with zero attached hydrogens (tertiary/aromatic N) is 1. The molecule has 2 rings (SSSR count). The van der Waals surface area contributed by atoms with Crippen LogP contribution < -0.4 is 11.1 Å². The summed E-state index contributed by atoms with van der Waals surface area (Å²) in [6.07, 6.45) is 0. The lowest BCUT2D eigenvalue weighted by molar-refractivity contribution is -0.138. The second-order valence-corrected chi connectivity index (χ2v) is 5.40. The molecular weight excluding hydrogens is 342 g/mol. The van der Waals surface area contributed by atoms with Crippen LogP contribution in [-0.4, -0.2) is 38.3 Å². The SMILES string of the molecule is NC(=NO)c1ccc(NC(C(=O)O)c2cc(CO)cc(C(=O)O)c2)cc1. The third-order valence-electron chi connectivity index (χ3n) is 3.62. The topological polar surface area (TPSA) is 165 Å². The second kappa shape index (κ2) is 7.99. The van der Waals surface area contributed by atoms with Gasteiger partial charge in [0, 0.05) is 11.3 Å². The van der Waals surface area contributed by atoms with Gasteiger partial charge in [0.15, 0.2) is 11.9 Å². The number of amidine groups is 1. The molecule has 0 aliphatic heterocycles. The Hall–Kier alpha value is -3.59. The molecule has 0 aliphatic carbocycles. The summed E-state index contributed by atoms with van der Waals surface area (Å²) in [4.78, 5) is 22.9. The molecule has 26 heavy (non-hydrogen) atoms. The summed E-state index contributed by atoms with van der Waals surface area (Å²) in [5.74, 6) is -2.54. The number of hydrogen-bond acceptors (Lipinski definition) is 6. The minimum Gasteiger partial charge on any atom is -0.479 e. The van der Waals surface area contributed by atoms with Gasteiger partial charge >= 0.3 is 11.9 Å². The highest BCUT2D eigenvalue weighted by Crippen LogP contribution is 2.23. The fourth-order valence-corrected chi connectivity index (χ4v) is 2.35. The zero-order valence-electron chi connectivity index (χ0n) is 13.5. The van der Waals surface area contributed by atoms with E-state index in [1.165, 1.54) is 42.5 Å². The summed E-state index contributed by atoms with van der Waals surface area (Å²) in [5, 5.41) is 42.2. The van der Waals surface area contributed by atoms with Crippen molar-refractivity contribution in [2.45, 2.75) is 12.6 Å². The van der Waals surface area contributed by atoms with Crippen molar-refractivity contribution in [2.24, 2.45) is 10.9 Å². The van der Waals surface area contributed by atoms with E-state index in [2.05, 4.69) is 10.5 Å². The van der Waals surface area contributed by atoms with Gasteiger partial charge in [-0.3, -0.25) is 0 Å². The highest BCUT2D eigenvalue weighted by Gasteiger charge is 2.22. The van der Waals surface area contributed by atoms with Crippen molar-refractivity contribution in [2.75, 3.05) is 5.32 Å². The number of nitrogens with one attached hydrogen (secondary N) is 1. The largest absolute Gasteiger partial charge is 0.479 e. The molecule has 0 heterocycles. The average molecular weight is 359 g/mol. The van der Waals surface area contributed by atoms with E-state index in [-0.39, 0.29) is 22.5 Å². The molecule has 0 aliphatic rings. The van der Waals surface area contributed by atoms with E-state index in [0.29, 0.717) is 11.3 Å². The van der Waals surface area contributed by atoms with E-state index in [0.717, 1.165) is 0 Å². The van der Waals surface area contributed by atoms with Crippen molar-refractivity contribution in [3.8, 4) is 0 Å². The predicted octanol–water partition coefficient (Wildman–Crippen LogP) is 1.21. The van der Waals surface area contributed by atoms with E-state index >= 15 is 0 Å². The Kier molecular flexibility index (Phi) is 5.76. The molecule has 0 fully saturated rings. The van der Waals surface area contributed by atoms with Crippen LogP contribution in [0.25, 0.3) is 0 Å². The number of carboxylic acid groups (broad SMARTS) is 2. The first kappa shape index (κ1) is 18.7. The summed E-state index contributed by atoms with van der Waals surface area (Å²) in [7, 11) is 0. The highest BCUT2D eigenvalue weighted by molar-refractivity contribution is 5.97. The van der Waals surface area contributed by atoms with Crippen molar-refractivity contribution in [3.63, 3.8) is 0 Å². The number of carbonyl (C=O) groups is 2. The summed E-state index contributed by atoms with van der Waals surface area (Å²) in [6.45, 7) is -0.422. The van der Waals surface area contributed by atoms with E-state index in [1.807, 2.05) is 0 Å². The van der Waals surface area contributed by atoms with Crippen LogP contribution in [0.2, 0.25) is 0 Å². The minimum atomic E-state index is -1.24. The molecule has 1 atom stereocenters. The number of aliphatic hydroxyl groups excluding tert-OH is 1. The third-order valence-corrected chi connectivity index (χ3v) is 3.62. The monoisotopic (exact) mass is 359 g/mol. The van der Waals surface area contributed by atoms with Crippen molar-refractivity contribution in [3.05, 3.63) is 64.7 Å². The van der Waals surface area contributed by atoms with E-state index in [9.17, 15) is 19.8 Å². The van der Waals surface area contributed by atoms with Gasteiger partial charge < -0.3 is 31.6 Å². The van der Waals surface area contributed by atoms with Gasteiger partial charge in [0.05, 0.1) is 12.2 Å². The van der Waals surface area contributed by atoms with E-state index in [4.69, 9.17) is 16.0 Å². The summed E-state index contributed by atoms with van der Waals surface area (Å²) in [5.41, 5.74) is 6.69. The highest BCUT2D eigenvalue weighted by atomic mass is 16.4. The lowest BCUT2D eigenvalue weighted by Crippen LogP contribution is -2.21. The Balaban J connectivity index is 2.36. The number of nitrogens with two attached hydrogens (primary N) is 1. The minimum absolute atomic E-state index is 0.0897. The van der Waals surface area contributed by atoms with Crippen LogP contribution in [-0.2, 0) is 11.4 Å². The smallest absolute Gasteiger partial charge is 0.335 e. The van der Waals surface area contributed by atoms with Gasteiger partial charge in [-0.05, 0) is 47.5 Å². The quantitative estimate of drug-likeness (QED) is 0.186. The molecule has 0 bridgehead atoms. The van der Waals surface area contributed by atoms with Gasteiger partial charge in [0.1, 0.15) is 0 Å². The number of aliphatic carboxylic acids is 1. The van der Waals surface area contributed by atoms with Gasteiger partial charge in [0.25, 0.3) is 0 Å². The Morgan fingerprint density at radius 3 is 2.23 bits per heavy atom. The molecule has 7 N–H and O–H groups in total. The molecule has 2 aromatic rings. The molecule has 0 saturated heterocycles. The fourth-order valence-electron chi connectivity index (χ4n) is 2.35. The second-order valence-electron chi connectivity index (χ2n) is 5.40. The number of benzene rings is 2. The summed E-state index contributed by atoms with van der Waals surface area (Å²) < 4.78 is 0. The van der Waals surface area contributed by atoms with Crippen LogP contribution in [0.4, 0.5) is 5.69 Å². The van der Waals surface area contributed by atoms with E-state index < -0.39 is 24.6 Å². The molecular formula is C17H17N3O6. The van der Waals surface area contributed by atoms with Crippen molar-refractivity contribution in [1.82, 2.24) is 0 Å². The maximum Gasteiger partial charge on any atom is 0.335 e. The first-order chi connectivity index (χ1) is 12.3. The Bertz CT molecular complexity index is 848. The van der Waals surface area contributed by atoms with Crippen molar-refractivity contribution in [1.29, 1.82) is 0 Å². The number of carboxylic acids is 2. The Labute approximate surface area is 148 Å². The van der Waals surface area contributed by atoms with Gasteiger partial charge in [-0.15, -0.1) is 0 Å². The molecule has 0 saturated carbocycles. The average Bonchev–Trinajstić information content (AvgIpc) is 2.65. The molecule has 0 amide bonds. The number of anilines is 1. The third kappa shape index (κ3) is 4.28. The maximum absolute atomic E-state index is 11.7. The Morgan fingerprint density at radius 1 is 1.08 bits per heavy atom. The van der Waals surface area contributed by atoms with Gasteiger partial charge in [-0.25, -0.2) is 9.59 Å².